The average molecular weight is 520 g/mol. The van der Waals surface area contributed by atoms with Crippen LogP contribution in [-0.4, -0.2) is 73.4 Å². The molecule has 0 unspecified atom stereocenters. The third-order valence-corrected chi connectivity index (χ3v) is 7.68. The van der Waals surface area contributed by atoms with E-state index < -0.39 is 0 Å². The molecule has 37 heavy (non-hydrogen) atoms. The molecule has 0 radical (unpaired) electrons. The molecule has 2 aliphatic heterocycles. The smallest absolute Gasteiger partial charge is 0.253 e. The van der Waals surface area contributed by atoms with Gasteiger partial charge in [-0.25, -0.2) is 4.98 Å². The Balaban J connectivity index is 1.44. The minimum atomic E-state index is -0.151. The number of amides is 1. The lowest BCUT2D eigenvalue weighted by Gasteiger charge is -2.34. The number of piperazine rings is 1. The van der Waals surface area contributed by atoms with Crippen LogP contribution in [0, 0.1) is 0 Å². The molecule has 3 N–H and O–H groups in total. The highest BCUT2D eigenvalue weighted by Crippen LogP contribution is 2.39. The third kappa shape index (κ3) is 5.60. The molecule has 0 aliphatic carbocycles. The molecule has 1 aromatic heterocycles. The van der Waals surface area contributed by atoms with Crippen LogP contribution in [0.3, 0.4) is 0 Å². The van der Waals surface area contributed by atoms with Gasteiger partial charge in [0, 0.05) is 57.2 Å². The maximum absolute atomic E-state index is 12.4. The zero-order valence-corrected chi connectivity index (χ0v) is 22.3. The van der Waals surface area contributed by atoms with Gasteiger partial charge in [-0.15, -0.1) is 11.8 Å². The third-order valence-electron chi connectivity index (χ3n) is 6.55. The summed E-state index contributed by atoms with van der Waals surface area (Å²) in [4.78, 5) is 27.8. The Bertz CT molecular complexity index is 1280. The van der Waals surface area contributed by atoms with Crippen LogP contribution in [0.4, 0.5) is 28.8 Å². The molecule has 2 aliphatic rings. The molecule has 3 aromatic rings. The molecule has 0 bridgehead atoms. The van der Waals surface area contributed by atoms with Crippen LogP contribution in [0.1, 0.15) is 23.0 Å². The lowest BCUT2D eigenvalue weighted by molar-refractivity contribution is 0.0964. The summed E-state index contributed by atoms with van der Waals surface area (Å²) in [5.41, 5.74) is 4.23. The number of para-hydroxylation sites is 1. The van der Waals surface area contributed by atoms with Crippen LogP contribution in [0.5, 0.6) is 5.75 Å². The highest BCUT2D eigenvalue weighted by molar-refractivity contribution is 7.99. The summed E-state index contributed by atoms with van der Waals surface area (Å²) < 4.78 is 6.02. The van der Waals surface area contributed by atoms with Gasteiger partial charge in [-0.2, -0.15) is 4.98 Å². The fourth-order valence-electron chi connectivity index (χ4n) is 4.53. The SMILES string of the molecule is CCOc1cc(N2CCN(C)CC2)ccc1Nc1nc2c(c(Nc3ccccc3C(=O)NC)n1)SCC2. The van der Waals surface area contributed by atoms with Crippen LogP contribution < -0.4 is 25.6 Å². The zero-order chi connectivity index (χ0) is 25.8. The first-order chi connectivity index (χ1) is 18.1. The fourth-order valence-corrected chi connectivity index (χ4v) is 5.58. The van der Waals surface area contributed by atoms with Gasteiger partial charge in [0.15, 0.2) is 0 Å². The van der Waals surface area contributed by atoms with Gasteiger partial charge in [-0.3, -0.25) is 4.79 Å². The van der Waals surface area contributed by atoms with E-state index in [-0.39, 0.29) is 5.91 Å². The fraction of sp³-hybridized carbons (Fsp3) is 0.370. The van der Waals surface area contributed by atoms with Crippen LogP contribution >= 0.6 is 11.8 Å². The highest BCUT2D eigenvalue weighted by atomic mass is 32.2. The van der Waals surface area contributed by atoms with Crippen molar-refractivity contribution in [3.05, 3.63) is 53.7 Å². The molecule has 0 saturated carbocycles. The van der Waals surface area contributed by atoms with Crippen LogP contribution in [0.25, 0.3) is 0 Å². The first-order valence-corrected chi connectivity index (χ1v) is 13.6. The van der Waals surface area contributed by atoms with E-state index in [1.165, 1.54) is 0 Å². The van der Waals surface area contributed by atoms with Gasteiger partial charge in [-0.05, 0) is 38.2 Å². The molecule has 2 aromatic carbocycles. The van der Waals surface area contributed by atoms with Crippen molar-refractivity contribution in [2.75, 3.05) is 68.2 Å². The van der Waals surface area contributed by atoms with E-state index in [0.717, 1.165) is 66.1 Å². The molecular formula is C27H33N7O2S. The zero-order valence-electron chi connectivity index (χ0n) is 21.5. The molecule has 9 nitrogen and oxygen atoms in total. The van der Waals surface area contributed by atoms with Crippen LogP contribution in [0.15, 0.2) is 47.4 Å². The topological polar surface area (TPSA) is 94.7 Å². The molecule has 5 rings (SSSR count). The summed E-state index contributed by atoms with van der Waals surface area (Å²) in [6, 6.07) is 13.7. The average Bonchev–Trinajstić information content (AvgIpc) is 3.39. The first-order valence-electron chi connectivity index (χ1n) is 12.6. The largest absolute Gasteiger partial charge is 0.492 e. The lowest BCUT2D eigenvalue weighted by Crippen LogP contribution is -2.44. The second kappa shape index (κ2) is 11.3. The number of aromatic nitrogens is 2. The van der Waals surface area contributed by atoms with Crippen LogP contribution in [0.2, 0.25) is 0 Å². The summed E-state index contributed by atoms with van der Waals surface area (Å²) in [5, 5.41) is 9.49. The molecule has 0 spiro atoms. The molecule has 1 amide bonds. The number of aryl methyl sites for hydroxylation is 1. The predicted octanol–water partition coefficient (Wildman–Crippen LogP) is 4.12. The van der Waals surface area contributed by atoms with E-state index in [9.17, 15) is 4.79 Å². The minimum absolute atomic E-state index is 0.151. The summed E-state index contributed by atoms with van der Waals surface area (Å²) >= 11 is 1.73. The highest BCUT2D eigenvalue weighted by Gasteiger charge is 2.23. The number of carbonyl (C=O) groups excluding carboxylic acids is 1. The van der Waals surface area contributed by atoms with Gasteiger partial charge >= 0.3 is 0 Å². The Hall–Kier alpha value is -3.50. The molecule has 194 valence electrons. The van der Waals surface area contributed by atoms with E-state index in [2.05, 4.69) is 44.9 Å². The van der Waals surface area contributed by atoms with Gasteiger partial charge in [0.1, 0.15) is 11.6 Å². The molecule has 0 atom stereocenters. The Kier molecular flexibility index (Phi) is 7.66. The number of nitrogens with one attached hydrogen (secondary N) is 3. The minimum Gasteiger partial charge on any atom is -0.492 e. The van der Waals surface area contributed by atoms with Crippen molar-refractivity contribution in [3.8, 4) is 5.75 Å². The number of rotatable bonds is 8. The van der Waals surface area contributed by atoms with E-state index in [4.69, 9.17) is 14.7 Å². The van der Waals surface area contributed by atoms with E-state index in [1.54, 1.807) is 24.9 Å². The number of nitrogens with zero attached hydrogens (tertiary/aromatic N) is 4. The molecule has 3 heterocycles. The Morgan fingerprint density at radius 3 is 2.65 bits per heavy atom. The number of hydrogen-bond donors (Lipinski definition) is 3. The number of hydrogen-bond acceptors (Lipinski definition) is 9. The lowest BCUT2D eigenvalue weighted by atomic mass is 10.1. The van der Waals surface area contributed by atoms with Crippen molar-refractivity contribution in [2.24, 2.45) is 0 Å². The second-order valence-electron chi connectivity index (χ2n) is 9.05. The van der Waals surface area contributed by atoms with Gasteiger partial charge in [0.2, 0.25) is 5.95 Å². The summed E-state index contributed by atoms with van der Waals surface area (Å²) in [6.45, 7) is 6.63. The van der Waals surface area contributed by atoms with Crippen molar-refractivity contribution >= 4 is 46.5 Å². The van der Waals surface area contributed by atoms with Crippen molar-refractivity contribution in [1.29, 1.82) is 0 Å². The quantitative estimate of drug-likeness (QED) is 0.406. The van der Waals surface area contributed by atoms with E-state index in [0.29, 0.717) is 29.6 Å². The van der Waals surface area contributed by atoms with Gasteiger partial charge in [0.25, 0.3) is 5.91 Å². The standard InChI is InChI=1S/C27H33N7O2S/c1-4-36-23-17-18(34-14-12-33(3)13-15-34)9-10-21(23)30-27-31-22-11-16-37-24(22)25(32-27)29-20-8-6-5-7-19(20)26(35)28-2/h5-10,17H,4,11-16H2,1-3H3,(H,28,35)(H2,29,30,31,32). The number of ether oxygens (including phenoxy) is 1. The van der Waals surface area contributed by atoms with Crippen molar-refractivity contribution in [2.45, 2.75) is 18.2 Å². The Morgan fingerprint density at radius 2 is 1.86 bits per heavy atom. The monoisotopic (exact) mass is 519 g/mol. The number of anilines is 5. The number of carbonyl (C=O) groups is 1. The Labute approximate surface area is 222 Å². The molecule has 1 fully saturated rings. The number of likely N-dealkylation sites (N-methyl/N-ethyl adjacent to an activating group) is 1. The molecular weight excluding hydrogens is 486 g/mol. The number of fused-ring (bicyclic) bond motifs is 1. The van der Waals surface area contributed by atoms with Crippen molar-refractivity contribution in [3.63, 3.8) is 0 Å². The van der Waals surface area contributed by atoms with Gasteiger partial charge in [-0.1, -0.05) is 12.1 Å². The van der Waals surface area contributed by atoms with Crippen molar-refractivity contribution in [1.82, 2.24) is 20.2 Å². The maximum atomic E-state index is 12.4. The number of thioether (sulfide) groups is 1. The van der Waals surface area contributed by atoms with E-state index in [1.807, 2.05) is 31.2 Å². The van der Waals surface area contributed by atoms with Gasteiger partial charge < -0.3 is 30.5 Å². The molecule has 1 saturated heterocycles. The maximum Gasteiger partial charge on any atom is 0.253 e. The van der Waals surface area contributed by atoms with Crippen LogP contribution in [-0.2, 0) is 6.42 Å². The predicted molar refractivity (Wildman–Crippen MR) is 150 cm³/mol. The summed E-state index contributed by atoms with van der Waals surface area (Å²) in [6.07, 6.45) is 0.865. The first kappa shape index (κ1) is 25.2. The Morgan fingerprint density at radius 1 is 1.05 bits per heavy atom. The van der Waals surface area contributed by atoms with Gasteiger partial charge in [0.05, 0.1) is 34.1 Å². The normalized spacial score (nSPS) is 15.3. The van der Waals surface area contributed by atoms with E-state index >= 15 is 0 Å². The number of benzene rings is 2. The molecule has 10 heteroatoms. The second-order valence-corrected chi connectivity index (χ2v) is 10.2. The summed E-state index contributed by atoms with van der Waals surface area (Å²) in [7, 11) is 3.79. The summed E-state index contributed by atoms with van der Waals surface area (Å²) in [5.74, 6) is 2.76. The van der Waals surface area contributed by atoms with Crippen molar-refractivity contribution < 1.29 is 9.53 Å².